The van der Waals surface area contributed by atoms with E-state index in [2.05, 4.69) is 15.0 Å². The topological polar surface area (TPSA) is 88.2 Å². The fourth-order valence-electron chi connectivity index (χ4n) is 2.71. The van der Waals surface area contributed by atoms with Gasteiger partial charge in [0.1, 0.15) is 0 Å². The number of carbonyl (C=O) groups is 1. The van der Waals surface area contributed by atoms with Crippen LogP contribution in [0.15, 0.2) is 71.9 Å². The largest absolute Gasteiger partial charge is 0.348 e. The highest BCUT2D eigenvalue weighted by atomic mass is 32.2. The molecule has 0 bridgehead atoms. The monoisotopic (exact) mass is 395 g/mol. The molecule has 0 aliphatic rings. The maximum atomic E-state index is 12.9. The van der Waals surface area contributed by atoms with Crippen molar-refractivity contribution in [1.29, 1.82) is 0 Å². The summed E-state index contributed by atoms with van der Waals surface area (Å²) in [5.41, 5.74) is 3.02. The Morgan fingerprint density at radius 1 is 1.00 bits per heavy atom. The number of pyridine rings is 1. The van der Waals surface area contributed by atoms with Gasteiger partial charge in [0.2, 0.25) is 0 Å². The van der Waals surface area contributed by atoms with Gasteiger partial charge < -0.3 is 5.32 Å². The van der Waals surface area contributed by atoms with E-state index in [1.54, 1.807) is 49.6 Å². The number of para-hydroxylation sites is 1. The number of aryl methyl sites for hydroxylation is 2. The maximum Gasteiger partial charge on any atom is 0.262 e. The molecule has 1 amide bonds. The summed E-state index contributed by atoms with van der Waals surface area (Å²) in [6, 6.07) is 15.4. The molecule has 0 radical (unpaired) electrons. The molecule has 0 spiro atoms. The van der Waals surface area contributed by atoms with Gasteiger partial charge in [0.05, 0.1) is 10.6 Å². The van der Waals surface area contributed by atoms with Crippen LogP contribution >= 0.6 is 0 Å². The molecule has 0 aliphatic heterocycles. The van der Waals surface area contributed by atoms with Crippen molar-refractivity contribution in [1.82, 2.24) is 10.3 Å². The third-order valence-corrected chi connectivity index (χ3v) is 5.81. The van der Waals surface area contributed by atoms with Crippen LogP contribution < -0.4 is 10.0 Å². The van der Waals surface area contributed by atoms with E-state index in [0.717, 1.165) is 11.1 Å². The molecule has 3 aromatic rings. The summed E-state index contributed by atoms with van der Waals surface area (Å²) in [5.74, 6) is -0.351. The molecule has 0 unspecified atom stereocenters. The normalized spacial score (nSPS) is 11.1. The van der Waals surface area contributed by atoms with Gasteiger partial charge in [-0.05, 0) is 54.8 Å². The molecule has 0 fully saturated rings. The van der Waals surface area contributed by atoms with Crippen LogP contribution in [0.2, 0.25) is 0 Å². The number of hydrogen-bond acceptors (Lipinski definition) is 4. The molecule has 1 heterocycles. The van der Waals surface area contributed by atoms with E-state index in [0.29, 0.717) is 17.8 Å². The summed E-state index contributed by atoms with van der Waals surface area (Å²) < 4.78 is 28.4. The molecule has 2 aromatic carbocycles. The van der Waals surface area contributed by atoms with E-state index in [4.69, 9.17) is 0 Å². The smallest absolute Gasteiger partial charge is 0.262 e. The number of aromatic nitrogens is 1. The van der Waals surface area contributed by atoms with Crippen molar-refractivity contribution in [3.8, 4) is 0 Å². The Hall–Kier alpha value is -3.19. The Morgan fingerprint density at radius 2 is 1.79 bits per heavy atom. The summed E-state index contributed by atoms with van der Waals surface area (Å²) in [6.07, 6.45) is 3.32. The first-order chi connectivity index (χ1) is 13.4. The second-order valence-corrected chi connectivity index (χ2v) is 8.10. The van der Waals surface area contributed by atoms with Crippen LogP contribution in [0, 0.1) is 13.8 Å². The zero-order valence-electron chi connectivity index (χ0n) is 15.6. The highest BCUT2D eigenvalue weighted by Crippen LogP contribution is 2.22. The van der Waals surface area contributed by atoms with Crippen molar-refractivity contribution < 1.29 is 13.2 Å². The van der Waals surface area contributed by atoms with E-state index in [1.807, 2.05) is 25.1 Å². The van der Waals surface area contributed by atoms with Crippen LogP contribution in [0.5, 0.6) is 0 Å². The predicted molar refractivity (Wildman–Crippen MR) is 109 cm³/mol. The van der Waals surface area contributed by atoms with E-state index < -0.39 is 10.0 Å². The van der Waals surface area contributed by atoms with Gasteiger partial charge in [-0.2, -0.15) is 0 Å². The fraction of sp³-hybridized carbons (Fsp3) is 0.143. The second kappa shape index (κ2) is 8.22. The lowest BCUT2D eigenvalue weighted by Gasteiger charge is -2.13. The zero-order chi connectivity index (χ0) is 20.1. The van der Waals surface area contributed by atoms with Gasteiger partial charge in [-0.3, -0.25) is 14.5 Å². The van der Waals surface area contributed by atoms with Crippen LogP contribution in [-0.2, 0) is 16.6 Å². The van der Waals surface area contributed by atoms with Gasteiger partial charge in [0.25, 0.3) is 15.9 Å². The average molecular weight is 395 g/mol. The van der Waals surface area contributed by atoms with Crippen LogP contribution in [-0.4, -0.2) is 19.3 Å². The number of hydrogen-bond donors (Lipinski definition) is 2. The van der Waals surface area contributed by atoms with Gasteiger partial charge in [0.15, 0.2) is 0 Å². The van der Waals surface area contributed by atoms with Crippen molar-refractivity contribution >= 4 is 21.6 Å². The van der Waals surface area contributed by atoms with Crippen LogP contribution in [0.3, 0.4) is 0 Å². The molecule has 7 heteroatoms. The quantitative estimate of drug-likeness (QED) is 0.669. The van der Waals surface area contributed by atoms with Crippen molar-refractivity contribution in [2.75, 3.05) is 4.72 Å². The molecular formula is C21H21N3O3S. The van der Waals surface area contributed by atoms with Crippen LogP contribution in [0.4, 0.5) is 5.69 Å². The molecule has 0 saturated heterocycles. The van der Waals surface area contributed by atoms with Gasteiger partial charge in [-0.25, -0.2) is 8.42 Å². The van der Waals surface area contributed by atoms with Crippen molar-refractivity contribution in [3.63, 3.8) is 0 Å². The number of rotatable bonds is 6. The third-order valence-electron chi connectivity index (χ3n) is 4.31. The minimum atomic E-state index is -3.83. The number of amides is 1. The lowest BCUT2D eigenvalue weighted by Crippen LogP contribution is -2.23. The van der Waals surface area contributed by atoms with Crippen LogP contribution in [0.1, 0.15) is 27.0 Å². The first kappa shape index (κ1) is 19.6. The Bertz CT molecular complexity index is 1100. The minimum absolute atomic E-state index is 0.0739. The van der Waals surface area contributed by atoms with Crippen molar-refractivity contribution in [2.45, 2.75) is 25.3 Å². The first-order valence-electron chi connectivity index (χ1n) is 8.73. The van der Waals surface area contributed by atoms with Crippen molar-refractivity contribution in [3.05, 3.63) is 89.2 Å². The number of benzene rings is 2. The predicted octanol–water partition coefficient (Wildman–Crippen LogP) is 3.43. The molecule has 144 valence electrons. The highest BCUT2D eigenvalue weighted by Gasteiger charge is 2.20. The Morgan fingerprint density at radius 3 is 2.50 bits per heavy atom. The molecular weight excluding hydrogens is 374 g/mol. The molecule has 2 N–H and O–H groups in total. The molecule has 0 aliphatic carbocycles. The number of sulfonamides is 1. The maximum absolute atomic E-state index is 12.9. The molecule has 0 atom stereocenters. The number of nitrogens with one attached hydrogen (secondary N) is 2. The molecule has 1 aromatic heterocycles. The lowest BCUT2D eigenvalue weighted by molar-refractivity contribution is 0.0950. The van der Waals surface area contributed by atoms with Gasteiger partial charge in [0, 0.05) is 24.5 Å². The summed E-state index contributed by atoms with van der Waals surface area (Å²) in [4.78, 5) is 16.5. The van der Waals surface area contributed by atoms with Gasteiger partial charge in [-0.15, -0.1) is 0 Å². The summed E-state index contributed by atoms with van der Waals surface area (Å²) >= 11 is 0. The SMILES string of the molecule is Cc1ccccc1NS(=O)(=O)c1cc(C(=O)NCc2cccnc2)ccc1C. The van der Waals surface area contributed by atoms with E-state index in [9.17, 15) is 13.2 Å². The molecule has 28 heavy (non-hydrogen) atoms. The fourth-order valence-corrected chi connectivity index (χ4v) is 4.11. The van der Waals surface area contributed by atoms with E-state index in [1.165, 1.54) is 6.07 Å². The summed E-state index contributed by atoms with van der Waals surface area (Å²) in [7, 11) is -3.83. The summed E-state index contributed by atoms with van der Waals surface area (Å²) in [5, 5.41) is 2.78. The standard InChI is InChI=1S/C21H21N3O3S/c1-15-6-3-4-8-19(15)24-28(26,27)20-12-18(10-9-16(20)2)21(25)23-14-17-7-5-11-22-13-17/h3-13,24H,14H2,1-2H3,(H,23,25). The number of carbonyl (C=O) groups excluding carboxylic acids is 1. The Kier molecular flexibility index (Phi) is 5.75. The zero-order valence-corrected chi connectivity index (χ0v) is 16.5. The summed E-state index contributed by atoms with van der Waals surface area (Å²) in [6.45, 7) is 3.83. The third kappa shape index (κ3) is 4.55. The number of nitrogens with zero attached hydrogens (tertiary/aromatic N) is 1. The molecule has 3 rings (SSSR count). The molecule has 6 nitrogen and oxygen atoms in total. The Labute approximate surface area is 164 Å². The van der Waals surface area contributed by atoms with Gasteiger partial charge >= 0.3 is 0 Å². The van der Waals surface area contributed by atoms with Crippen LogP contribution in [0.25, 0.3) is 0 Å². The number of anilines is 1. The lowest BCUT2D eigenvalue weighted by atomic mass is 10.1. The van der Waals surface area contributed by atoms with E-state index >= 15 is 0 Å². The minimum Gasteiger partial charge on any atom is -0.348 e. The molecule has 0 saturated carbocycles. The van der Waals surface area contributed by atoms with Gasteiger partial charge in [-0.1, -0.05) is 30.3 Å². The first-order valence-corrected chi connectivity index (χ1v) is 10.2. The van der Waals surface area contributed by atoms with E-state index in [-0.39, 0.29) is 16.4 Å². The van der Waals surface area contributed by atoms with Crippen molar-refractivity contribution in [2.24, 2.45) is 0 Å². The average Bonchev–Trinajstić information content (AvgIpc) is 2.69. The highest BCUT2D eigenvalue weighted by molar-refractivity contribution is 7.92. The Balaban J connectivity index is 1.82. The second-order valence-electron chi connectivity index (χ2n) is 6.44.